The Hall–Kier alpha value is -3.77. The van der Waals surface area contributed by atoms with E-state index in [1.807, 2.05) is 18.2 Å². The molecule has 5 heteroatoms. The van der Waals surface area contributed by atoms with E-state index in [9.17, 15) is 0 Å². The molecule has 0 N–H and O–H groups in total. The van der Waals surface area contributed by atoms with Crippen molar-refractivity contribution in [3.05, 3.63) is 82.7 Å². The van der Waals surface area contributed by atoms with Crippen molar-refractivity contribution in [1.82, 2.24) is 0 Å². The fourth-order valence-electron chi connectivity index (χ4n) is 4.84. The molecule has 1 fully saturated rings. The largest absolute Gasteiger partial charge is 0.490 e. The number of aryl methyl sites for hydroxylation is 1. The van der Waals surface area contributed by atoms with Gasteiger partial charge in [0.1, 0.15) is 24.2 Å². The molecule has 1 aliphatic heterocycles. The van der Waals surface area contributed by atoms with Gasteiger partial charge < -0.3 is 14.2 Å². The molecule has 1 atom stereocenters. The van der Waals surface area contributed by atoms with Gasteiger partial charge in [0.2, 0.25) is 0 Å². The van der Waals surface area contributed by atoms with Crippen LogP contribution in [0.3, 0.4) is 0 Å². The Labute approximate surface area is 228 Å². The molecule has 4 nitrogen and oxygen atoms in total. The van der Waals surface area contributed by atoms with E-state index in [1.54, 1.807) is 18.3 Å². The molecule has 0 saturated carbocycles. The SMILES string of the molecule is CC#C[C@@H](CC#N)c1ccc(COc2ccc3scc(-c4ccc(OC5CCOCC5)cc4C)c3c2)cc1. The first-order valence-corrected chi connectivity index (χ1v) is 13.9. The maximum atomic E-state index is 9.08. The third-order valence-electron chi connectivity index (χ3n) is 6.91. The number of benzene rings is 3. The highest BCUT2D eigenvalue weighted by atomic mass is 32.1. The number of fused-ring (bicyclic) bond motifs is 1. The van der Waals surface area contributed by atoms with E-state index < -0.39 is 0 Å². The van der Waals surface area contributed by atoms with Crippen LogP contribution in [0.5, 0.6) is 11.5 Å². The first-order valence-electron chi connectivity index (χ1n) is 13.0. The zero-order valence-corrected chi connectivity index (χ0v) is 22.6. The number of nitriles is 1. The van der Waals surface area contributed by atoms with Crippen LogP contribution >= 0.6 is 11.3 Å². The summed E-state index contributed by atoms with van der Waals surface area (Å²) in [7, 11) is 0. The van der Waals surface area contributed by atoms with Gasteiger partial charge in [-0.2, -0.15) is 5.26 Å². The van der Waals surface area contributed by atoms with Gasteiger partial charge in [-0.3, -0.25) is 0 Å². The minimum absolute atomic E-state index is 0.0506. The maximum Gasteiger partial charge on any atom is 0.120 e. The zero-order valence-electron chi connectivity index (χ0n) is 21.8. The van der Waals surface area contributed by atoms with Gasteiger partial charge in [0.15, 0.2) is 0 Å². The topological polar surface area (TPSA) is 51.5 Å². The van der Waals surface area contributed by atoms with Crippen molar-refractivity contribution in [2.45, 2.75) is 51.7 Å². The lowest BCUT2D eigenvalue weighted by atomic mass is 9.96. The predicted octanol–water partition coefficient (Wildman–Crippen LogP) is 8.03. The Morgan fingerprint density at radius 2 is 1.79 bits per heavy atom. The molecule has 0 spiro atoms. The molecule has 5 rings (SSSR count). The standard InChI is InChI=1S/C33H31NO3S/c1-3-4-25(13-16-34)26-7-5-24(6-8-26)21-36-28-10-12-33-31(20-28)32(22-38-33)30-11-9-29(19-23(30)2)37-27-14-17-35-18-15-27/h5-12,19-20,22,25,27H,13-15,17-18,21H2,1-2H3/t25-/m0/s1. The second-order valence-electron chi connectivity index (χ2n) is 9.55. The predicted molar refractivity (Wildman–Crippen MR) is 154 cm³/mol. The molecule has 38 heavy (non-hydrogen) atoms. The molecule has 0 bridgehead atoms. The van der Waals surface area contributed by atoms with Gasteiger partial charge >= 0.3 is 0 Å². The number of nitrogens with zero attached hydrogens (tertiary/aromatic N) is 1. The lowest BCUT2D eigenvalue weighted by Gasteiger charge is -2.23. The van der Waals surface area contributed by atoms with E-state index >= 15 is 0 Å². The number of rotatable bonds is 8. The van der Waals surface area contributed by atoms with Crippen molar-refractivity contribution < 1.29 is 14.2 Å². The van der Waals surface area contributed by atoms with Gasteiger partial charge in [-0.15, -0.1) is 17.3 Å². The molecule has 1 aromatic heterocycles. The first kappa shape index (κ1) is 25.9. The molecule has 2 heterocycles. The summed E-state index contributed by atoms with van der Waals surface area (Å²) in [4.78, 5) is 0. The smallest absolute Gasteiger partial charge is 0.120 e. The molecule has 3 aromatic carbocycles. The monoisotopic (exact) mass is 521 g/mol. The molecule has 1 saturated heterocycles. The maximum absolute atomic E-state index is 9.08. The van der Waals surface area contributed by atoms with Gasteiger partial charge in [0.05, 0.1) is 31.6 Å². The Balaban J connectivity index is 1.29. The van der Waals surface area contributed by atoms with Crippen LogP contribution in [0, 0.1) is 30.1 Å². The summed E-state index contributed by atoms with van der Waals surface area (Å²) in [5, 5.41) is 12.5. The summed E-state index contributed by atoms with van der Waals surface area (Å²) in [6.45, 7) is 5.98. The van der Waals surface area contributed by atoms with E-state index in [-0.39, 0.29) is 12.0 Å². The molecular formula is C33H31NO3S. The van der Waals surface area contributed by atoms with Crippen LogP contribution < -0.4 is 9.47 Å². The zero-order chi connectivity index (χ0) is 26.3. The van der Waals surface area contributed by atoms with Crippen molar-refractivity contribution in [3.8, 4) is 40.5 Å². The van der Waals surface area contributed by atoms with Crippen LogP contribution in [-0.4, -0.2) is 19.3 Å². The first-order chi connectivity index (χ1) is 18.6. The van der Waals surface area contributed by atoms with E-state index in [4.69, 9.17) is 19.5 Å². The van der Waals surface area contributed by atoms with Crippen LogP contribution in [0.2, 0.25) is 0 Å². The van der Waals surface area contributed by atoms with Crippen molar-refractivity contribution in [2.24, 2.45) is 0 Å². The molecule has 192 valence electrons. The van der Waals surface area contributed by atoms with Crippen LogP contribution in [0.4, 0.5) is 0 Å². The quantitative estimate of drug-likeness (QED) is 0.220. The molecule has 1 aliphatic rings. The van der Waals surface area contributed by atoms with E-state index in [0.29, 0.717) is 13.0 Å². The summed E-state index contributed by atoms with van der Waals surface area (Å²) in [6, 6.07) is 23.1. The number of thiophene rings is 1. The van der Waals surface area contributed by atoms with E-state index in [0.717, 1.165) is 48.7 Å². The molecule has 0 radical (unpaired) electrons. The minimum atomic E-state index is -0.0506. The average molecular weight is 522 g/mol. The second kappa shape index (κ2) is 12.2. The Bertz CT molecular complexity index is 1500. The molecule has 0 amide bonds. The third kappa shape index (κ3) is 6.03. The lowest BCUT2D eigenvalue weighted by Crippen LogP contribution is -2.25. The van der Waals surface area contributed by atoms with Crippen LogP contribution in [-0.2, 0) is 11.3 Å². The van der Waals surface area contributed by atoms with Gasteiger partial charge in [0, 0.05) is 28.5 Å². The van der Waals surface area contributed by atoms with Gasteiger partial charge in [-0.25, -0.2) is 0 Å². The summed E-state index contributed by atoms with van der Waals surface area (Å²) in [5.74, 6) is 7.77. The lowest BCUT2D eigenvalue weighted by molar-refractivity contribution is 0.0255. The van der Waals surface area contributed by atoms with Gasteiger partial charge in [0.25, 0.3) is 0 Å². The highest BCUT2D eigenvalue weighted by molar-refractivity contribution is 7.17. The highest BCUT2D eigenvalue weighted by Crippen LogP contribution is 2.38. The van der Waals surface area contributed by atoms with Crippen molar-refractivity contribution in [1.29, 1.82) is 5.26 Å². The van der Waals surface area contributed by atoms with E-state index in [2.05, 4.69) is 72.7 Å². The summed E-state index contributed by atoms with van der Waals surface area (Å²) in [6.07, 6.45) is 2.51. The average Bonchev–Trinajstić information content (AvgIpc) is 3.36. The van der Waals surface area contributed by atoms with Crippen LogP contribution in [0.15, 0.2) is 66.0 Å². The minimum Gasteiger partial charge on any atom is -0.490 e. The molecule has 4 aromatic rings. The Kier molecular flexibility index (Phi) is 8.29. The third-order valence-corrected chi connectivity index (χ3v) is 7.87. The molecular weight excluding hydrogens is 490 g/mol. The van der Waals surface area contributed by atoms with Crippen molar-refractivity contribution in [2.75, 3.05) is 13.2 Å². The Morgan fingerprint density at radius 1 is 1.00 bits per heavy atom. The molecule has 0 unspecified atom stereocenters. The van der Waals surface area contributed by atoms with Crippen LogP contribution in [0.25, 0.3) is 21.2 Å². The van der Waals surface area contributed by atoms with Gasteiger partial charge in [-0.05, 0) is 71.8 Å². The Morgan fingerprint density at radius 3 is 2.53 bits per heavy atom. The highest BCUT2D eigenvalue weighted by Gasteiger charge is 2.17. The summed E-state index contributed by atoms with van der Waals surface area (Å²) in [5.41, 5.74) is 5.77. The fraction of sp³-hybridized carbons (Fsp3) is 0.303. The summed E-state index contributed by atoms with van der Waals surface area (Å²) < 4.78 is 19.1. The van der Waals surface area contributed by atoms with Crippen molar-refractivity contribution in [3.63, 3.8) is 0 Å². The van der Waals surface area contributed by atoms with Crippen molar-refractivity contribution >= 4 is 21.4 Å². The fourth-order valence-corrected chi connectivity index (χ4v) is 5.78. The number of hydrogen-bond acceptors (Lipinski definition) is 5. The van der Waals surface area contributed by atoms with Gasteiger partial charge in [-0.1, -0.05) is 36.3 Å². The van der Waals surface area contributed by atoms with E-state index in [1.165, 1.54) is 26.8 Å². The number of ether oxygens (including phenoxy) is 3. The second-order valence-corrected chi connectivity index (χ2v) is 10.5. The number of hydrogen-bond donors (Lipinski definition) is 0. The summed E-state index contributed by atoms with van der Waals surface area (Å²) >= 11 is 1.75. The molecule has 0 aliphatic carbocycles. The normalized spacial score (nSPS) is 14.3. The van der Waals surface area contributed by atoms with Crippen LogP contribution in [0.1, 0.15) is 48.8 Å².